The van der Waals surface area contributed by atoms with Crippen molar-refractivity contribution >= 4 is 35.1 Å². The molecule has 2 aromatic heterocycles. The highest BCUT2D eigenvalue weighted by Gasteiger charge is 2.21. The first-order valence-corrected chi connectivity index (χ1v) is 9.49. The van der Waals surface area contributed by atoms with E-state index < -0.39 is 5.82 Å². The molecular formula is C19H18FN7OS. The van der Waals surface area contributed by atoms with E-state index in [2.05, 4.69) is 21.4 Å². The predicted octanol–water partition coefficient (Wildman–Crippen LogP) is 2.79. The zero-order chi connectivity index (χ0) is 21.1. The number of anilines is 3. The van der Waals surface area contributed by atoms with Crippen LogP contribution in [0, 0.1) is 31.0 Å². The fraction of sp³-hybridized carbons (Fsp3) is 0.158. The number of hydrogen-bond donors (Lipinski definition) is 3. The van der Waals surface area contributed by atoms with Crippen LogP contribution in [0.3, 0.4) is 0 Å². The van der Waals surface area contributed by atoms with Crippen LogP contribution in [0.25, 0.3) is 5.69 Å². The third kappa shape index (κ3) is 4.30. The van der Waals surface area contributed by atoms with Gasteiger partial charge in [-0.2, -0.15) is 5.26 Å². The van der Waals surface area contributed by atoms with E-state index in [0.717, 1.165) is 17.5 Å². The van der Waals surface area contributed by atoms with Crippen LogP contribution in [0.4, 0.5) is 21.8 Å². The van der Waals surface area contributed by atoms with Crippen LogP contribution in [-0.2, 0) is 4.79 Å². The molecule has 0 saturated carbocycles. The monoisotopic (exact) mass is 411 g/mol. The number of nitrogen functional groups attached to an aromatic ring is 2. The molecule has 3 aromatic rings. The molecule has 0 fully saturated rings. The number of thioether (sulfide) groups is 1. The van der Waals surface area contributed by atoms with Crippen LogP contribution in [0.15, 0.2) is 35.5 Å². The minimum absolute atomic E-state index is 0.0276. The first kappa shape index (κ1) is 20.2. The number of aromatic nitrogens is 3. The van der Waals surface area contributed by atoms with Crippen molar-refractivity contribution in [2.45, 2.75) is 19.0 Å². The zero-order valence-corrected chi connectivity index (χ0v) is 16.5. The summed E-state index contributed by atoms with van der Waals surface area (Å²) < 4.78 is 15.4. The maximum absolute atomic E-state index is 13.7. The lowest BCUT2D eigenvalue weighted by Gasteiger charge is -2.13. The fourth-order valence-corrected chi connectivity index (χ4v) is 3.50. The Labute approximate surface area is 170 Å². The van der Waals surface area contributed by atoms with Crippen molar-refractivity contribution in [3.05, 3.63) is 53.0 Å². The second kappa shape index (κ2) is 8.20. The van der Waals surface area contributed by atoms with Gasteiger partial charge in [0.15, 0.2) is 5.16 Å². The summed E-state index contributed by atoms with van der Waals surface area (Å²) in [6.45, 7) is 3.58. The van der Waals surface area contributed by atoms with E-state index in [1.165, 1.54) is 18.2 Å². The van der Waals surface area contributed by atoms with Gasteiger partial charge >= 0.3 is 0 Å². The Hall–Kier alpha value is -3.58. The molecule has 0 unspecified atom stereocenters. The van der Waals surface area contributed by atoms with Crippen LogP contribution in [-0.4, -0.2) is 26.2 Å². The predicted molar refractivity (Wildman–Crippen MR) is 110 cm³/mol. The highest BCUT2D eigenvalue weighted by Crippen LogP contribution is 2.30. The van der Waals surface area contributed by atoms with Crippen molar-refractivity contribution in [1.82, 2.24) is 14.5 Å². The molecule has 10 heteroatoms. The van der Waals surface area contributed by atoms with Crippen molar-refractivity contribution in [3.63, 3.8) is 0 Å². The number of amides is 1. The van der Waals surface area contributed by atoms with Crippen LogP contribution in [0.2, 0.25) is 0 Å². The quantitative estimate of drug-likeness (QED) is 0.434. The van der Waals surface area contributed by atoms with Gasteiger partial charge in [-0.15, -0.1) is 0 Å². The number of carbonyl (C=O) groups excluding carboxylic acids is 1. The average molecular weight is 411 g/mol. The van der Waals surface area contributed by atoms with E-state index in [1.54, 1.807) is 30.5 Å². The molecule has 3 rings (SSSR count). The Balaban J connectivity index is 1.89. The molecule has 1 aromatic carbocycles. The van der Waals surface area contributed by atoms with Gasteiger partial charge in [0, 0.05) is 11.8 Å². The molecule has 8 nitrogen and oxygen atoms in total. The van der Waals surface area contributed by atoms with Crippen LogP contribution in [0.5, 0.6) is 0 Å². The maximum atomic E-state index is 13.7. The van der Waals surface area contributed by atoms with Crippen LogP contribution < -0.4 is 16.8 Å². The minimum atomic E-state index is -0.420. The Morgan fingerprint density at radius 3 is 2.59 bits per heavy atom. The highest BCUT2D eigenvalue weighted by molar-refractivity contribution is 7.99. The Bertz CT molecular complexity index is 1120. The van der Waals surface area contributed by atoms with Gasteiger partial charge in [0.05, 0.1) is 17.0 Å². The smallest absolute Gasteiger partial charge is 0.236 e. The SMILES string of the molecule is Cc1c(C#N)c(NC(=O)CSc2nc(N)cc(N)n2)n(-c2cccc(F)c2)c1C. The molecular weight excluding hydrogens is 393 g/mol. The van der Waals surface area contributed by atoms with E-state index in [4.69, 9.17) is 11.5 Å². The lowest BCUT2D eigenvalue weighted by atomic mass is 10.2. The standard InChI is InChI=1S/C19H18FN7OS/c1-10-11(2)27(13-5-3-4-12(20)6-13)18(14(10)8-21)26-17(28)9-29-19-24-15(22)7-16(23)25-19/h3-7H,9H2,1-2H3,(H,26,28)(H4,22,23,24,25). The summed E-state index contributed by atoms with van der Waals surface area (Å²) in [6.07, 6.45) is 0. The molecule has 0 aliphatic carbocycles. The molecule has 5 N–H and O–H groups in total. The number of carbonyl (C=O) groups is 1. The molecule has 29 heavy (non-hydrogen) atoms. The van der Waals surface area contributed by atoms with Gasteiger partial charge in [-0.05, 0) is 37.6 Å². The number of hydrogen-bond acceptors (Lipinski definition) is 7. The van der Waals surface area contributed by atoms with E-state index in [0.29, 0.717) is 16.8 Å². The highest BCUT2D eigenvalue weighted by atomic mass is 32.2. The molecule has 0 atom stereocenters. The van der Waals surface area contributed by atoms with Gasteiger partial charge in [-0.25, -0.2) is 14.4 Å². The molecule has 0 aliphatic heterocycles. The maximum Gasteiger partial charge on any atom is 0.236 e. The number of nitrogens with one attached hydrogen (secondary N) is 1. The first-order valence-electron chi connectivity index (χ1n) is 8.50. The summed E-state index contributed by atoms with van der Waals surface area (Å²) in [5.74, 6) is -0.133. The summed E-state index contributed by atoms with van der Waals surface area (Å²) in [5.41, 5.74) is 13.5. The molecule has 0 spiro atoms. The summed E-state index contributed by atoms with van der Waals surface area (Å²) in [7, 11) is 0. The Kier molecular flexibility index (Phi) is 5.70. The van der Waals surface area contributed by atoms with Crippen molar-refractivity contribution in [3.8, 4) is 11.8 Å². The number of halogens is 1. The van der Waals surface area contributed by atoms with Gasteiger partial charge in [0.2, 0.25) is 5.91 Å². The van der Waals surface area contributed by atoms with Gasteiger partial charge < -0.3 is 16.8 Å². The van der Waals surface area contributed by atoms with E-state index >= 15 is 0 Å². The van der Waals surface area contributed by atoms with Crippen LogP contribution >= 0.6 is 11.8 Å². The topological polar surface area (TPSA) is 136 Å². The molecule has 2 heterocycles. The average Bonchev–Trinajstić information content (AvgIpc) is 2.89. The Morgan fingerprint density at radius 2 is 1.97 bits per heavy atom. The molecule has 0 saturated heterocycles. The zero-order valence-electron chi connectivity index (χ0n) is 15.7. The van der Waals surface area contributed by atoms with Crippen LogP contribution in [0.1, 0.15) is 16.8 Å². The number of nitrogens with zero attached hydrogens (tertiary/aromatic N) is 4. The third-order valence-corrected chi connectivity index (χ3v) is 5.07. The molecule has 1 amide bonds. The molecule has 0 radical (unpaired) electrons. The van der Waals surface area contributed by atoms with Gasteiger partial charge in [0.25, 0.3) is 0 Å². The van der Waals surface area contributed by atoms with Gasteiger partial charge in [-0.3, -0.25) is 9.36 Å². The summed E-state index contributed by atoms with van der Waals surface area (Å²) in [5, 5.41) is 12.6. The largest absolute Gasteiger partial charge is 0.383 e. The number of nitriles is 1. The van der Waals surface area contributed by atoms with E-state index in [9.17, 15) is 14.4 Å². The lowest BCUT2D eigenvalue weighted by molar-refractivity contribution is -0.113. The Morgan fingerprint density at radius 1 is 1.28 bits per heavy atom. The summed E-state index contributed by atoms with van der Waals surface area (Å²) in [6, 6.07) is 9.45. The van der Waals surface area contributed by atoms with Gasteiger partial charge in [-0.1, -0.05) is 17.8 Å². The molecule has 0 aliphatic rings. The van der Waals surface area contributed by atoms with Crippen molar-refractivity contribution in [1.29, 1.82) is 5.26 Å². The van der Waals surface area contributed by atoms with E-state index in [1.807, 2.05) is 0 Å². The molecule has 148 valence electrons. The number of rotatable bonds is 5. The second-order valence-corrected chi connectivity index (χ2v) is 7.14. The summed E-state index contributed by atoms with van der Waals surface area (Å²) in [4.78, 5) is 20.6. The van der Waals surface area contributed by atoms with Crippen molar-refractivity contribution < 1.29 is 9.18 Å². The normalized spacial score (nSPS) is 10.6. The fourth-order valence-electron chi connectivity index (χ4n) is 2.82. The minimum Gasteiger partial charge on any atom is -0.383 e. The number of benzene rings is 1. The first-order chi connectivity index (χ1) is 13.8. The van der Waals surface area contributed by atoms with Gasteiger partial charge in [0.1, 0.15) is 29.3 Å². The van der Waals surface area contributed by atoms with Crippen molar-refractivity contribution in [2.24, 2.45) is 0 Å². The molecule has 0 bridgehead atoms. The van der Waals surface area contributed by atoms with E-state index in [-0.39, 0.29) is 34.3 Å². The third-order valence-electron chi connectivity index (χ3n) is 4.23. The summed E-state index contributed by atoms with van der Waals surface area (Å²) >= 11 is 1.06. The van der Waals surface area contributed by atoms with Crippen molar-refractivity contribution in [2.75, 3.05) is 22.5 Å². The number of nitrogens with two attached hydrogens (primary N) is 2. The lowest BCUT2D eigenvalue weighted by Crippen LogP contribution is -2.18. The second-order valence-electron chi connectivity index (χ2n) is 6.20.